The summed E-state index contributed by atoms with van der Waals surface area (Å²) in [5.41, 5.74) is 6.46. The molecule has 0 spiro atoms. The van der Waals surface area contributed by atoms with Crippen LogP contribution in [0.5, 0.6) is 0 Å². The van der Waals surface area contributed by atoms with E-state index in [2.05, 4.69) is 20.4 Å². The molecule has 6 nitrogen and oxygen atoms in total. The van der Waals surface area contributed by atoms with Crippen molar-refractivity contribution in [2.45, 2.75) is 20.4 Å². The molecule has 2 aromatic rings. The summed E-state index contributed by atoms with van der Waals surface area (Å²) in [6.07, 6.45) is 0. The Bertz CT molecular complexity index is 473. The molecule has 16 heavy (non-hydrogen) atoms. The highest BCUT2D eigenvalue weighted by Gasteiger charge is 2.02. The third kappa shape index (κ3) is 2.47. The number of nitrogens with one attached hydrogen (secondary N) is 1. The van der Waals surface area contributed by atoms with Gasteiger partial charge in [-0.15, -0.1) is 0 Å². The van der Waals surface area contributed by atoms with Crippen molar-refractivity contribution in [2.75, 3.05) is 11.1 Å². The first kappa shape index (κ1) is 10.4. The van der Waals surface area contributed by atoms with Crippen LogP contribution in [0.3, 0.4) is 0 Å². The number of rotatable bonds is 3. The summed E-state index contributed by atoms with van der Waals surface area (Å²) in [7, 11) is 0. The highest BCUT2D eigenvalue weighted by molar-refractivity contribution is 5.44. The third-order valence-corrected chi connectivity index (χ3v) is 1.98. The molecule has 84 valence electrons. The molecule has 0 bridgehead atoms. The van der Waals surface area contributed by atoms with Gasteiger partial charge in [-0.1, -0.05) is 5.16 Å². The van der Waals surface area contributed by atoms with Crippen molar-refractivity contribution in [3.05, 3.63) is 29.4 Å². The molecule has 0 saturated heterocycles. The van der Waals surface area contributed by atoms with E-state index in [1.54, 1.807) is 13.0 Å². The quantitative estimate of drug-likeness (QED) is 0.808. The first-order valence-electron chi connectivity index (χ1n) is 4.91. The van der Waals surface area contributed by atoms with E-state index in [0.717, 1.165) is 11.5 Å². The molecule has 0 aliphatic heterocycles. The molecule has 0 aliphatic carbocycles. The highest BCUT2D eigenvalue weighted by atomic mass is 16.5. The van der Waals surface area contributed by atoms with E-state index in [1.807, 2.05) is 13.0 Å². The molecule has 6 heteroatoms. The topological polar surface area (TPSA) is 89.9 Å². The van der Waals surface area contributed by atoms with Crippen molar-refractivity contribution >= 4 is 11.6 Å². The van der Waals surface area contributed by atoms with Crippen LogP contribution in [0.25, 0.3) is 0 Å². The van der Waals surface area contributed by atoms with Gasteiger partial charge in [0.05, 0.1) is 12.2 Å². The number of nitrogen functional groups attached to an aromatic ring is 1. The fourth-order valence-electron chi connectivity index (χ4n) is 1.36. The summed E-state index contributed by atoms with van der Waals surface area (Å²) in [5, 5.41) is 6.88. The van der Waals surface area contributed by atoms with Crippen LogP contribution in [0.4, 0.5) is 11.6 Å². The Balaban J connectivity index is 2.04. The number of nitrogens with zero attached hydrogens (tertiary/aromatic N) is 3. The minimum absolute atomic E-state index is 0.448. The number of hydrogen-bond donors (Lipinski definition) is 2. The van der Waals surface area contributed by atoms with E-state index in [9.17, 15) is 0 Å². The summed E-state index contributed by atoms with van der Waals surface area (Å²) in [5.74, 6) is 2.52. The summed E-state index contributed by atoms with van der Waals surface area (Å²) in [4.78, 5) is 8.18. The molecule has 2 aromatic heterocycles. The Morgan fingerprint density at radius 1 is 1.31 bits per heavy atom. The predicted molar refractivity (Wildman–Crippen MR) is 59.7 cm³/mol. The molecule has 2 rings (SSSR count). The normalized spacial score (nSPS) is 10.4. The lowest BCUT2D eigenvalue weighted by molar-refractivity contribution is 0.384. The van der Waals surface area contributed by atoms with Gasteiger partial charge in [0.2, 0.25) is 0 Å². The van der Waals surface area contributed by atoms with Gasteiger partial charge < -0.3 is 15.6 Å². The van der Waals surface area contributed by atoms with Gasteiger partial charge in [-0.25, -0.2) is 9.97 Å². The van der Waals surface area contributed by atoms with E-state index >= 15 is 0 Å². The molecule has 0 atom stereocenters. The zero-order chi connectivity index (χ0) is 11.5. The van der Waals surface area contributed by atoms with E-state index in [1.165, 1.54) is 0 Å². The summed E-state index contributed by atoms with van der Waals surface area (Å²) in [6, 6.07) is 3.54. The molecule has 0 saturated carbocycles. The average molecular weight is 219 g/mol. The number of aromatic nitrogens is 3. The zero-order valence-electron chi connectivity index (χ0n) is 9.19. The lowest BCUT2D eigenvalue weighted by atomic mass is 10.4. The van der Waals surface area contributed by atoms with E-state index in [4.69, 9.17) is 10.3 Å². The molecule has 0 fully saturated rings. The molecular formula is C10H13N5O. The van der Waals surface area contributed by atoms with Crippen LogP contribution in [0.2, 0.25) is 0 Å². The standard InChI is InChI=1S/C10H13N5O/c1-6-3-8(16-15-6)5-12-10-4-9(11)13-7(2)14-10/h3-4H,5H2,1-2H3,(H3,11,12,13,14). The molecule has 2 heterocycles. The molecule has 0 radical (unpaired) electrons. The molecule has 3 N–H and O–H groups in total. The maximum atomic E-state index is 5.61. The van der Waals surface area contributed by atoms with Crippen LogP contribution >= 0.6 is 0 Å². The number of hydrogen-bond acceptors (Lipinski definition) is 6. The van der Waals surface area contributed by atoms with Gasteiger partial charge in [-0.2, -0.15) is 0 Å². The van der Waals surface area contributed by atoms with Crippen molar-refractivity contribution in [2.24, 2.45) is 0 Å². The molecule has 0 unspecified atom stereocenters. The van der Waals surface area contributed by atoms with Crippen molar-refractivity contribution in [3.8, 4) is 0 Å². The number of aryl methyl sites for hydroxylation is 2. The van der Waals surface area contributed by atoms with Gasteiger partial charge in [0.1, 0.15) is 17.5 Å². The van der Waals surface area contributed by atoms with Crippen molar-refractivity contribution in [1.82, 2.24) is 15.1 Å². The van der Waals surface area contributed by atoms with E-state index < -0.39 is 0 Å². The van der Waals surface area contributed by atoms with Gasteiger partial charge in [0.15, 0.2) is 5.76 Å². The van der Waals surface area contributed by atoms with Gasteiger partial charge in [0, 0.05) is 12.1 Å². The Morgan fingerprint density at radius 3 is 2.75 bits per heavy atom. The third-order valence-electron chi connectivity index (χ3n) is 1.98. The SMILES string of the molecule is Cc1cc(CNc2cc(N)nc(C)n2)on1. The maximum absolute atomic E-state index is 5.61. The number of nitrogens with two attached hydrogens (primary N) is 1. The van der Waals surface area contributed by atoms with Gasteiger partial charge in [-0.05, 0) is 13.8 Å². The summed E-state index contributed by atoms with van der Waals surface area (Å²) < 4.78 is 5.06. The first-order valence-corrected chi connectivity index (χ1v) is 4.91. The lowest BCUT2D eigenvalue weighted by Crippen LogP contribution is -2.04. The van der Waals surface area contributed by atoms with Gasteiger partial charge >= 0.3 is 0 Å². The Labute approximate surface area is 92.9 Å². The van der Waals surface area contributed by atoms with Crippen LogP contribution in [-0.2, 0) is 6.54 Å². The second kappa shape index (κ2) is 4.18. The maximum Gasteiger partial charge on any atom is 0.156 e. The lowest BCUT2D eigenvalue weighted by Gasteiger charge is -2.04. The smallest absolute Gasteiger partial charge is 0.156 e. The van der Waals surface area contributed by atoms with Crippen LogP contribution in [-0.4, -0.2) is 15.1 Å². The van der Waals surface area contributed by atoms with Gasteiger partial charge in [0.25, 0.3) is 0 Å². The summed E-state index contributed by atoms with van der Waals surface area (Å²) in [6.45, 7) is 4.19. The Kier molecular flexibility index (Phi) is 2.72. The van der Waals surface area contributed by atoms with Crippen molar-refractivity contribution < 1.29 is 4.52 Å². The minimum atomic E-state index is 0.448. The molecular weight excluding hydrogens is 206 g/mol. The van der Waals surface area contributed by atoms with E-state index in [0.29, 0.717) is 24.0 Å². The van der Waals surface area contributed by atoms with Crippen molar-refractivity contribution in [3.63, 3.8) is 0 Å². The van der Waals surface area contributed by atoms with Crippen LogP contribution < -0.4 is 11.1 Å². The van der Waals surface area contributed by atoms with Crippen molar-refractivity contribution in [1.29, 1.82) is 0 Å². The van der Waals surface area contributed by atoms with E-state index in [-0.39, 0.29) is 0 Å². The fourth-order valence-corrected chi connectivity index (χ4v) is 1.36. The Hall–Kier alpha value is -2.11. The number of anilines is 2. The van der Waals surface area contributed by atoms with Gasteiger partial charge in [-0.3, -0.25) is 0 Å². The first-order chi connectivity index (χ1) is 7.63. The predicted octanol–water partition coefficient (Wildman–Crippen LogP) is 1.28. The highest BCUT2D eigenvalue weighted by Crippen LogP contribution is 2.10. The largest absolute Gasteiger partial charge is 0.384 e. The van der Waals surface area contributed by atoms with Crippen LogP contribution in [0.15, 0.2) is 16.7 Å². The average Bonchev–Trinajstić information content (AvgIpc) is 2.60. The molecule has 0 amide bonds. The summed E-state index contributed by atoms with van der Waals surface area (Å²) >= 11 is 0. The molecule has 0 aromatic carbocycles. The zero-order valence-corrected chi connectivity index (χ0v) is 9.19. The van der Waals surface area contributed by atoms with Crippen LogP contribution in [0, 0.1) is 13.8 Å². The van der Waals surface area contributed by atoms with Crippen LogP contribution in [0.1, 0.15) is 17.3 Å². The second-order valence-corrected chi connectivity index (χ2v) is 3.51. The second-order valence-electron chi connectivity index (χ2n) is 3.51. The Morgan fingerprint density at radius 2 is 2.12 bits per heavy atom. The monoisotopic (exact) mass is 219 g/mol. The minimum Gasteiger partial charge on any atom is -0.384 e. The molecule has 0 aliphatic rings. The fraction of sp³-hybridized carbons (Fsp3) is 0.300.